The fraction of sp³-hybridized carbons (Fsp3) is 0.250. The molecule has 0 aliphatic heterocycles. The molecule has 4 rings (SSSR count). The van der Waals surface area contributed by atoms with E-state index in [1.165, 1.54) is 44.5 Å². The normalized spacial score (nSPS) is 11.5. The molecule has 0 unspecified atom stereocenters. The zero-order chi connectivity index (χ0) is 23.6. The summed E-state index contributed by atoms with van der Waals surface area (Å²) in [6.07, 6.45) is 1.03. The van der Waals surface area contributed by atoms with Crippen LogP contribution in [-0.4, -0.2) is 0 Å². The Balaban J connectivity index is 1.51. The van der Waals surface area contributed by atoms with Crippen LogP contribution >= 0.6 is 0 Å². The Morgan fingerprint density at radius 3 is 1.70 bits per heavy atom. The third-order valence-electron chi connectivity index (χ3n) is 6.41. The van der Waals surface area contributed by atoms with Crippen LogP contribution in [0.1, 0.15) is 49.9 Å². The lowest BCUT2D eigenvalue weighted by atomic mass is 9.84. The van der Waals surface area contributed by atoms with Gasteiger partial charge in [-0.25, -0.2) is 0 Å². The number of hydrogen-bond acceptors (Lipinski definition) is 1. The monoisotopic (exact) mass is 433 g/mol. The first-order valence-electron chi connectivity index (χ1n) is 11.9. The van der Waals surface area contributed by atoms with Gasteiger partial charge in [-0.2, -0.15) is 0 Å². The van der Waals surface area contributed by atoms with E-state index in [0.717, 1.165) is 17.8 Å². The topological polar surface area (TPSA) is 12.0 Å². The van der Waals surface area contributed by atoms with Crippen LogP contribution in [-0.2, 0) is 11.8 Å². The average Bonchev–Trinajstić information content (AvgIpc) is 2.79. The summed E-state index contributed by atoms with van der Waals surface area (Å²) < 4.78 is 0. The number of rotatable bonds is 5. The molecule has 0 bridgehead atoms. The molecule has 0 aliphatic carbocycles. The minimum absolute atomic E-state index is 0.171. The molecule has 1 heteroatoms. The molecule has 0 radical (unpaired) electrons. The Morgan fingerprint density at radius 1 is 0.636 bits per heavy atom. The highest BCUT2D eigenvalue weighted by Crippen LogP contribution is 2.32. The molecular formula is C32H35N. The zero-order valence-corrected chi connectivity index (χ0v) is 20.8. The Labute approximate surface area is 199 Å². The first kappa shape index (κ1) is 22.9. The Morgan fingerprint density at radius 2 is 1.18 bits per heavy atom. The molecule has 4 aromatic rings. The number of aryl methyl sites for hydroxylation is 3. The largest absolute Gasteiger partial charge is 0.356 e. The SMILES string of the molecule is CCc1cc(C(C)(C)C)ccc1-c1ccc(Nc2ccc(-c3ccc(C)cc3C)cc2)cc1. The smallest absolute Gasteiger partial charge is 0.0384 e. The van der Waals surface area contributed by atoms with Crippen molar-refractivity contribution in [3.63, 3.8) is 0 Å². The summed E-state index contributed by atoms with van der Waals surface area (Å²) in [6, 6.07) is 31.0. The van der Waals surface area contributed by atoms with Gasteiger partial charge >= 0.3 is 0 Å². The highest BCUT2D eigenvalue weighted by atomic mass is 14.9. The summed E-state index contributed by atoms with van der Waals surface area (Å²) >= 11 is 0. The molecule has 0 heterocycles. The molecule has 0 aliphatic rings. The number of hydrogen-bond donors (Lipinski definition) is 1. The van der Waals surface area contributed by atoms with Gasteiger partial charge in [0.2, 0.25) is 0 Å². The van der Waals surface area contributed by atoms with Gasteiger partial charge < -0.3 is 5.32 Å². The van der Waals surface area contributed by atoms with Crippen LogP contribution < -0.4 is 5.32 Å². The van der Waals surface area contributed by atoms with Crippen LogP contribution in [0.2, 0.25) is 0 Å². The molecule has 1 N–H and O–H groups in total. The molecule has 0 spiro atoms. The van der Waals surface area contributed by atoms with Gasteiger partial charge in [-0.3, -0.25) is 0 Å². The molecule has 33 heavy (non-hydrogen) atoms. The van der Waals surface area contributed by atoms with E-state index < -0.39 is 0 Å². The number of benzene rings is 4. The second-order valence-electron chi connectivity index (χ2n) is 10.1. The first-order valence-corrected chi connectivity index (χ1v) is 11.9. The summed E-state index contributed by atoms with van der Waals surface area (Å²) in [5.74, 6) is 0. The predicted octanol–water partition coefficient (Wildman–Crippen LogP) is 9.24. The van der Waals surface area contributed by atoms with E-state index in [1.54, 1.807) is 0 Å². The van der Waals surface area contributed by atoms with Gasteiger partial charge in [0.05, 0.1) is 0 Å². The lowest BCUT2D eigenvalue weighted by Gasteiger charge is -2.21. The maximum absolute atomic E-state index is 3.54. The van der Waals surface area contributed by atoms with Crippen LogP contribution in [0.25, 0.3) is 22.3 Å². The standard InChI is InChI=1S/C32H35N/c1-7-24-21-27(32(4,5)6)13-19-31(24)26-11-16-29(17-12-26)33-28-14-9-25(10-15-28)30-18-8-22(2)20-23(30)3/h8-21,33H,7H2,1-6H3. The molecule has 0 aromatic heterocycles. The third-order valence-corrected chi connectivity index (χ3v) is 6.41. The molecular weight excluding hydrogens is 398 g/mol. The molecule has 1 nitrogen and oxygen atoms in total. The van der Waals surface area contributed by atoms with Crippen molar-refractivity contribution in [3.8, 4) is 22.3 Å². The zero-order valence-electron chi connectivity index (χ0n) is 20.8. The minimum Gasteiger partial charge on any atom is -0.356 e. The molecule has 4 aromatic carbocycles. The Kier molecular flexibility index (Phi) is 6.42. The highest BCUT2D eigenvalue weighted by Gasteiger charge is 2.15. The van der Waals surface area contributed by atoms with Gasteiger partial charge in [0, 0.05) is 11.4 Å². The fourth-order valence-electron chi connectivity index (χ4n) is 4.40. The van der Waals surface area contributed by atoms with Crippen molar-refractivity contribution in [3.05, 3.63) is 107 Å². The van der Waals surface area contributed by atoms with Crippen molar-refractivity contribution in [2.45, 2.75) is 53.4 Å². The van der Waals surface area contributed by atoms with E-state index in [-0.39, 0.29) is 5.41 Å². The fourth-order valence-corrected chi connectivity index (χ4v) is 4.40. The van der Waals surface area contributed by atoms with Gasteiger partial charge in [-0.1, -0.05) is 93.9 Å². The van der Waals surface area contributed by atoms with Gasteiger partial charge in [0.15, 0.2) is 0 Å². The van der Waals surface area contributed by atoms with Crippen LogP contribution in [0, 0.1) is 13.8 Å². The van der Waals surface area contributed by atoms with Crippen molar-refractivity contribution in [2.24, 2.45) is 0 Å². The summed E-state index contributed by atoms with van der Waals surface area (Å²) in [5.41, 5.74) is 12.9. The van der Waals surface area contributed by atoms with Gasteiger partial charge in [0.1, 0.15) is 0 Å². The molecule has 0 saturated carbocycles. The van der Waals surface area contributed by atoms with Crippen molar-refractivity contribution in [1.29, 1.82) is 0 Å². The summed E-state index contributed by atoms with van der Waals surface area (Å²) in [6.45, 7) is 13.4. The summed E-state index contributed by atoms with van der Waals surface area (Å²) in [5, 5.41) is 3.54. The van der Waals surface area contributed by atoms with E-state index in [0.29, 0.717) is 0 Å². The van der Waals surface area contributed by atoms with E-state index in [1.807, 2.05) is 0 Å². The van der Waals surface area contributed by atoms with Crippen LogP contribution in [0.15, 0.2) is 84.9 Å². The molecule has 0 fully saturated rings. The van der Waals surface area contributed by atoms with Crippen LogP contribution in [0.4, 0.5) is 11.4 Å². The van der Waals surface area contributed by atoms with Gasteiger partial charge in [0.25, 0.3) is 0 Å². The summed E-state index contributed by atoms with van der Waals surface area (Å²) in [7, 11) is 0. The van der Waals surface area contributed by atoms with E-state index in [2.05, 4.69) is 132 Å². The van der Waals surface area contributed by atoms with Crippen molar-refractivity contribution in [1.82, 2.24) is 0 Å². The van der Waals surface area contributed by atoms with Crippen molar-refractivity contribution in [2.75, 3.05) is 5.32 Å². The van der Waals surface area contributed by atoms with E-state index in [4.69, 9.17) is 0 Å². The Bertz CT molecular complexity index is 1240. The van der Waals surface area contributed by atoms with Crippen molar-refractivity contribution >= 4 is 11.4 Å². The lowest BCUT2D eigenvalue weighted by molar-refractivity contribution is 0.589. The average molecular weight is 434 g/mol. The van der Waals surface area contributed by atoms with Crippen molar-refractivity contribution < 1.29 is 0 Å². The summed E-state index contributed by atoms with van der Waals surface area (Å²) in [4.78, 5) is 0. The minimum atomic E-state index is 0.171. The predicted molar refractivity (Wildman–Crippen MR) is 145 cm³/mol. The maximum atomic E-state index is 3.54. The highest BCUT2D eigenvalue weighted by molar-refractivity contribution is 5.73. The quantitative estimate of drug-likeness (QED) is 0.331. The molecule has 0 amide bonds. The van der Waals surface area contributed by atoms with Crippen LogP contribution in [0.5, 0.6) is 0 Å². The second kappa shape index (κ2) is 9.27. The maximum Gasteiger partial charge on any atom is 0.0384 e. The van der Waals surface area contributed by atoms with E-state index >= 15 is 0 Å². The number of anilines is 2. The lowest BCUT2D eigenvalue weighted by Crippen LogP contribution is -2.11. The second-order valence-corrected chi connectivity index (χ2v) is 10.1. The molecule has 0 saturated heterocycles. The van der Waals surface area contributed by atoms with E-state index in [9.17, 15) is 0 Å². The third kappa shape index (κ3) is 5.20. The van der Waals surface area contributed by atoms with Gasteiger partial charge in [-0.05, 0) is 88.9 Å². The molecule has 168 valence electrons. The van der Waals surface area contributed by atoms with Crippen LogP contribution in [0.3, 0.4) is 0 Å². The molecule has 0 atom stereocenters. The number of nitrogens with one attached hydrogen (secondary N) is 1. The van der Waals surface area contributed by atoms with Gasteiger partial charge in [-0.15, -0.1) is 0 Å². The first-order chi connectivity index (χ1) is 15.7. The Hall–Kier alpha value is -3.32.